The van der Waals surface area contributed by atoms with Gasteiger partial charge in [-0.3, -0.25) is 0 Å². The molecule has 4 nitrogen and oxygen atoms in total. The fourth-order valence-electron chi connectivity index (χ4n) is 1.82. The predicted molar refractivity (Wildman–Crippen MR) is 92.3 cm³/mol. The molecule has 1 aromatic heterocycles. The minimum absolute atomic E-state index is 0.101. The van der Waals surface area contributed by atoms with Crippen molar-refractivity contribution >= 4 is 33.3 Å². The van der Waals surface area contributed by atoms with Crippen LogP contribution >= 0.6 is 15.9 Å². The van der Waals surface area contributed by atoms with Crippen molar-refractivity contribution < 1.29 is 0 Å². The number of halogens is 1. The maximum Gasteiger partial charge on any atom is 0.138 e. The molecule has 0 saturated heterocycles. The highest BCUT2D eigenvalue weighted by Crippen LogP contribution is 2.27. The van der Waals surface area contributed by atoms with E-state index in [9.17, 15) is 0 Å². The van der Waals surface area contributed by atoms with Gasteiger partial charge in [-0.05, 0) is 35.0 Å². The number of nitrogens with zero attached hydrogens (tertiary/aromatic N) is 2. The van der Waals surface area contributed by atoms with E-state index in [4.69, 9.17) is 0 Å². The molecule has 0 unspecified atom stereocenters. The topological polar surface area (TPSA) is 49.8 Å². The van der Waals surface area contributed by atoms with Gasteiger partial charge in [0.1, 0.15) is 17.5 Å². The van der Waals surface area contributed by atoms with Crippen LogP contribution in [0.15, 0.2) is 34.8 Å². The second-order valence-electron chi connectivity index (χ2n) is 5.85. The van der Waals surface area contributed by atoms with Crippen LogP contribution < -0.4 is 10.6 Å². The Labute approximate surface area is 134 Å². The molecule has 0 fully saturated rings. The largest absolute Gasteiger partial charge is 0.370 e. The highest BCUT2D eigenvalue weighted by atomic mass is 79.9. The zero-order valence-corrected chi connectivity index (χ0v) is 14.5. The van der Waals surface area contributed by atoms with Crippen LogP contribution in [-0.2, 0) is 5.41 Å². The molecule has 1 heterocycles. The summed E-state index contributed by atoms with van der Waals surface area (Å²) < 4.78 is 1.01. The molecular weight excluding hydrogens is 328 g/mol. The van der Waals surface area contributed by atoms with Gasteiger partial charge in [0.2, 0.25) is 0 Å². The van der Waals surface area contributed by atoms with Crippen LogP contribution in [0.4, 0.5) is 17.3 Å². The standard InChI is InChI=1S/C16H21BrN4/c1-5-18-13-10-14(21-15(20-13)16(2,3)4)19-12-9-7-6-8-11(12)17/h6-10H,5H2,1-4H3,(H2,18,19,20,21). The van der Waals surface area contributed by atoms with Gasteiger partial charge < -0.3 is 10.6 Å². The average molecular weight is 349 g/mol. The lowest BCUT2D eigenvalue weighted by Crippen LogP contribution is -2.18. The summed E-state index contributed by atoms with van der Waals surface area (Å²) in [7, 11) is 0. The number of nitrogens with one attached hydrogen (secondary N) is 2. The van der Waals surface area contributed by atoms with E-state index in [2.05, 4.69) is 64.2 Å². The van der Waals surface area contributed by atoms with Crippen molar-refractivity contribution in [2.24, 2.45) is 0 Å². The quantitative estimate of drug-likeness (QED) is 0.839. The highest BCUT2D eigenvalue weighted by Gasteiger charge is 2.19. The number of aromatic nitrogens is 2. The van der Waals surface area contributed by atoms with Crippen LogP contribution in [-0.4, -0.2) is 16.5 Å². The van der Waals surface area contributed by atoms with Crippen LogP contribution in [0.3, 0.4) is 0 Å². The zero-order valence-electron chi connectivity index (χ0n) is 12.9. The molecule has 0 aliphatic carbocycles. The van der Waals surface area contributed by atoms with Crippen molar-refractivity contribution in [3.63, 3.8) is 0 Å². The Kier molecular flexibility index (Phi) is 4.83. The Balaban J connectivity index is 2.38. The molecule has 2 rings (SSSR count). The van der Waals surface area contributed by atoms with Gasteiger partial charge in [0.15, 0.2) is 0 Å². The molecule has 0 aliphatic rings. The van der Waals surface area contributed by atoms with E-state index in [-0.39, 0.29) is 5.41 Å². The van der Waals surface area contributed by atoms with E-state index in [0.29, 0.717) is 0 Å². The van der Waals surface area contributed by atoms with E-state index in [1.807, 2.05) is 30.3 Å². The Morgan fingerprint density at radius 2 is 1.76 bits per heavy atom. The van der Waals surface area contributed by atoms with Crippen LogP contribution in [0.2, 0.25) is 0 Å². The van der Waals surface area contributed by atoms with Crippen molar-refractivity contribution in [2.75, 3.05) is 17.2 Å². The first-order valence-electron chi connectivity index (χ1n) is 7.05. The lowest BCUT2D eigenvalue weighted by molar-refractivity contribution is 0.547. The number of anilines is 3. The summed E-state index contributed by atoms with van der Waals surface area (Å²) in [6.07, 6.45) is 0. The lowest BCUT2D eigenvalue weighted by atomic mass is 9.96. The van der Waals surface area contributed by atoms with Gasteiger partial charge in [-0.25, -0.2) is 9.97 Å². The lowest BCUT2D eigenvalue weighted by Gasteiger charge is -2.19. The monoisotopic (exact) mass is 348 g/mol. The molecule has 0 atom stereocenters. The van der Waals surface area contributed by atoms with Crippen LogP contribution in [0.1, 0.15) is 33.5 Å². The van der Waals surface area contributed by atoms with Gasteiger partial charge in [0.25, 0.3) is 0 Å². The fourth-order valence-corrected chi connectivity index (χ4v) is 2.20. The summed E-state index contributed by atoms with van der Waals surface area (Å²) >= 11 is 3.54. The second kappa shape index (κ2) is 6.43. The van der Waals surface area contributed by atoms with Gasteiger partial charge in [-0.15, -0.1) is 0 Å². The Hall–Kier alpha value is -1.62. The highest BCUT2D eigenvalue weighted by molar-refractivity contribution is 9.10. The van der Waals surface area contributed by atoms with Gasteiger partial charge >= 0.3 is 0 Å². The summed E-state index contributed by atoms with van der Waals surface area (Å²) in [5, 5.41) is 6.60. The molecule has 21 heavy (non-hydrogen) atoms. The summed E-state index contributed by atoms with van der Waals surface area (Å²) in [6, 6.07) is 9.91. The summed E-state index contributed by atoms with van der Waals surface area (Å²) in [4.78, 5) is 9.22. The summed E-state index contributed by atoms with van der Waals surface area (Å²) in [6.45, 7) is 9.22. The zero-order chi connectivity index (χ0) is 15.5. The molecule has 2 aromatic rings. The first kappa shape index (κ1) is 15.8. The third-order valence-electron chi connectivity index (χ3n) is 2.89. The molecule has 0 saturated carbocycles. The number of hydrogen-bond donors (Lipinski definition) is 2. The maximum atomic E-state index is 4.64. The SMILES string of the molecule is CCNc1cc(Nc2ccccc2Br)nc(C(C)(C)C)n1. The van der Waals surface area contributed by atoms with E-state index >= 15 is 0 Å². The predicted octanol–water partition coefficient (Wildman–Crippen LogP) is 4.71. The Bertz CT molecular complexity index is 620. The van der Waals surface area contributed by atoms with Gasteiger partial charge in [-0.2, -0.15) is 0 Å². The molecule has 0 radical (unpaired) electrons. The van der Waals surface area contributed by atoms with Crippen molar-refractivity contribution in [3.05, 3.63) is 40.6 Å². The number of hydrogen-bond acceptors (Lipinski definition) is 4. The third kappa shape index (κ3) is 4.17. The molecule has 0 spiro atoms. The van der Waals surface area contributed by atoms with Crippen LogP contribution in [0.25, 0.3) is 0 Å². The van der Waals surface area contributed by atoms with E-state index in [1.54, 1.807) is 0 Å². The molecule has 2 N–H and O–H groups in total. The fraction of sp³-hybridized carbons (Fsp3) is 0.375. The van der Waals surface area contributed by atoms with E-state index in [1.165, 1.54) is 0 Å². The number of para-hydroxylation sites is 1. The normalized spacial score (nSPS) is 11.3. The minimum atomic E-state index is -0.101. The Morgan fingerprint density at radius 3 is 2.38 bits per heavy atom. The second-order valence-corrected chi connectivity index (χ2v) is 6.70. The van der Waals surface area contributed by atoms with Crippen LogP contribution in [0, 0.1) is 0 Å². The van der Waals surface area contributed by atoms with Crippen molar-refractivity contribution in [1.82, 2.24) is 9.97 Å². The summed E-state index contributed by atoms with van der Waals surface area (Å²) in [5.74, 6) is 2.44. The van der Waals surface area contributed by atoms with Crippen molar-refractivity contribution in [2.45, 2.75) is 33.1 Å². The molecule has 1 aromatic carbocycles. The number of benzene rings is 1. The molecule has 0 aliphatic heterocycles. The van der Waals surface area contributed by atoms with Crippen molar-refractivity contribution in [3.8, 4) is 0 Å². The molecular formula is C16H21BrN4. The third-order valence-corrected chi connectivity index (χ3v) is 3.58. The van der Waals surface area contributed by atoms with Crippen molar-refractivity contribution in [1.29, 1.82) is 0 Å². The molecule has 5 heteroatoms. The van der Waals surface area contributed by atoms with Gasteiger partial charge in [0.05, 0.1) is 5.69 Å². The van der Waals surface area contributed by atoms with Gasteiger partial charge in [-0.1, -0.05) is 32.9 Å². The van der Waals surface area contributed by atoms with Crippen LogP contribution in [0.5, 0.6) is 0 Å². The van der Waals surface area contributed by atoms with Gasteiger partial charge in [0, 0.05) is 22.5 Å². The molecule has 112 valence electrons. The molecule has 0 amide bonds. The Morgan fingerprint density at radius 1 is 1.10 bits per heavy atom. The molecule has 0 bridgehead atoms. The van der Waals surface area contributed by atoms with E-state index < -0.39 is 0 Å². The average Bonchev–Trinajstić information content (AvgIpc) is 2.41. The smallest absolute Gasteiger partial charge is 0.138 e. The summed E-state index contributed by atoms with van der Waals surface area (Å²) in [5.41, 5.74) is 0.883. The number of rotatable bonds is 4. The maximum absolute atomic E-state index is 4.64. The first-order valence-corrected chi connectivity index (χ1v) is 7.84. The minimum Gasteiger partial charge on any atom is -0.370 e. The van der Waals surface area contributed by atoms with E-state index in [0.717, 1.165) is 34.2 Å². The first-order chi connectivity index (χ1) is 9.90.